The van der Waals surface area contributed by atoms with Crippen molar-refractivity contribution in [2.45, 2.75) is 16.2 Å². The summed E-state index contributed by atoms with van der Waals surface area (Å²) in [5.41, 5.74) is 3.16. The fourth-order valence-electron chi connectivity index (χ4n) is 2.59. The van der Waals surface area contributed by atoms with Crippen molar-refractivity contribution in [1.82, 2.24) is 0 Å². The second-order valence-corrected chi connectivity index (χ2v) is 7.27. The number of fused-ring (bicyclic) bond motifs is 2. The average molecular weight is 335 g/mol. The molecule has 1 aliphatic rings. The van der Waals surface area contributed by atoms with Crippen LogP contribution in [0.1, 0.15) is 17.5 Å². The minimum absolute atomic E-state index is 0.200. The molecule has 0 aromatic heterocycles. The van der Waals surface area contributed by atoms with Crippen LogP contribution >= 0.6 is 23.4 Å². The van der Waals surface area contributed by atoms with E-state index in [1.165, 1.54) is 15.9 Å². The van der Waals surface area contributed by atoms with E-state index in [4.69, 9.17) is 11.6 Å². The predicted octanol–water partition coefficient (Wildman–Crippen LogP) is 3.91. The van der Waals surface area contributed by atoms with E-state index in [0.717, 1.165) is 34.6 Å². The number of benzene rings is 2. The normalized spacial score (nSPS) is 15.0. The maximum Gasteiger partial charge on any atom is 0.123 e. The van der Waals surface area contributed by atoms with Crippen molar-refractivity contribution in [3.8, 4) is 0 Å². The third kappa shape index (κ3) is 3.22. The van der Waals surface area contributed by atoms with Crippen molar-refractivity contribution in [3.05, 3.63) is 64.4 Å². The van der Waals surface area contributed by atoms with Gasteiger partial charge in [-0.3, -0.25) is 0 Å². The smallest absolute Gasteiger partial charge is 0.123 e. The molecule has 0 atom stereocenters. The molecule has 114 valence electrons. The zero-order chi connectivity index (χ0) is 15.7. The van der Waals surface area contributed by atoms with Crippen molar-refractivity contribution >= 4 is 28.9 Å². The van der Waals surface area contributed by atoms with Gasteiger partial charge in [0.05, 0.1) is 20.6 Å². The number of nitrogens with one attached hydrogen (secondary N) is 1. The number of hydrogen-bond donors (Lipinski definition) is 1. The van der Waals surface area contributed by atoms with Crippen molar-refractivity contribution in [1.29, 1.82) is 0 Å². The highest BCUT2D eigenvalue weighted by molar-refractivity contribution is 7.99. The largest absolute Gasteiger partial charge is 0.340 e. The zero-order valence-corrected chi connectivity index (χ0v) is 14.2. The molecule has 2 aromatic rings. The molecule has 0 radical (unpaired) electrons. The molecule has 0 saturated carbocycles. The Labute approximate surface area is 139 Å². The van der Waals surface area contributed by atoms with Crippen LogP contribution < -0.4 is 4.90 Å². The SMILES string of the molecule is C[NH+](C)CC/C=C1/c2cc(F)ccc2Sc2ccc(Cl)cc21. The summed E-state index contributed by atoms with van der Waals surface area (Å²) >= 11 is 7.84. The van der Waals surface area contributed by atoms with E-state index in [-0.39, 0.29) is 5.82 Å². The molecule has 1 nitrogen and oxygen atoms in total. The highest BCUT2D eigenvalue weighted by atomic mass is 35.5. The minimum atomic E-state index is -0.200. The Morgan fingerprint density at radius 3 is 2.50 bits per heavy atom. The summed E-state index contributed by atoms with van der Waals surface area (Å²) in [6.07, 6.45) is 3.16. The maximum atomic E-state index is 13.7. The van der Waals surface area contributed by atoms with Gasteiger partial charge in [-0.1, -0.05) is 29.4 Å². The van der Waals surface area contributed by atoms with Crippen LogP contribution in [0.5, 0.6) is 0 Å². The quantitative estimate of drug-likeness (QED) is 0.761. The van der Waals surface area contributed by atoms with E-state index in [1.54, 1.807) is 17.8 Å². The maximum absolute atomic E-state index is 13.7. The summed E-state index contributed by atoms with van der Waals surface area (Å²) in [5.74, 6) is -0.200. The molecule has 3 rings (SSSR count). The molecule has 1 aliphatic heterocycles. The molecular weight excluding hydrogens is 317 g/mol. The van der Waals surface area contributed by atoms with Gasteiger partial charge in [-0.25, -0.2) is 4.39 Å². The van der Waals surface area contributed by atoms with Gasteiger partial charge >= 0.3 is 0 Å². The van der Waals surface area contributed by atoms with Crippen molar-refractivity contribution in [2.24, 2.45) is 0 Å². The Bertz CT molecular complexity index is 686. The molecule has 4 heteroatoms. The summed E-state index contributed by atoms with van der Waals surface area (Å²) in [6, 6.07) is 10.9. The Morgan fingerprint density at radius 1 is 1.09 bits per heavy atom. The Morgan fingerprint density at radius 2 is 1.77 bits per heavy atom. The van der Waals surface area contributed by atoms with Crippen LogP contribution in [0.15, 0.2) is 52.3 Å². The Balaban J connectivity index is 2.09. The molecule has 0 unspecified atom stereocenters. The number of rotatable bonds is 3. The van der Waals surface area contributed by atoms with E-state index in [9.17, 15) is 4.39 Å². The highest BCUT2D eigenvalue weighted by Gasteiger charge is 2.21. The first kappa shape index (κ1) is 15.6. The van der Waals surface area contributed by atoms with Gasteiger partial charge in [0.25, 0.3) is 0 Å². The summed E-state index contributed by atoms with van der Waals surface area (Å²) in [7, 11) is 4.27. The lowest BCUT2D eigenvalue weighted by Crippen LogP contribution is -3.05. The van der Waals surface area contributed by atoms with Crippen LogP contribution in [0.3, 0.4) is 0 Å². The van der Waals surface area contributed by atoms with Crippen LogP contribution in [0.4, 0.5) is 4.39 Å². The number of halogens is 2. The molecule has 0 amide bonds. The lowest BCUT2D eigenvalue weighted by atomic mass is 9.96. The number of quaternary nitrogens is 1. The van der Waals surface area contributed by atoms with E-state index < -0.39 is 0 Å². The summed E-state index contributed by atoms with van der Waals surface area (Å²) in [4.78, 5) is 3.67. The molecule has 1 heterocycles. The molecule has 22 heavy (non-hydrogen) atoms. The van der Waals surface area contributed by atoms with Crippen molar-refractivity contribution in [2.75, 3.05) is 20.6 Å². The first-order valence-corrected chi connectivity index (χ1v) is 8.51. The van der Waals surface area contributed by atoms with Gasteiger partial charge in [-0.15, -0.1) is 0 Å². The van der Waals surface area contributed by atoms with Crippen molar-refractivity contribution in [3.63, 3.8) is 0 Å². The second-order valence-electron chi connectivity index (χ2n) is 5.75. The lowest BCUT2D eigenvalue weighted by molar-refractivity contribution is -0.857. The topological polar surface area (TPSA) is 4.44 Å². The first-order chi connectivity index (χ1) is 10.5. The lowest BCUT2D eigenvalue weighted by Gasteiger charge is -2.22. The van der Waals surface area contributed by atoms with Gasteiger partial charge < -0.3 is 4.90 Å². The van der Waals surface area contributed by atoms with Crippen LogP contribution in [-0.4, -0.2) is 20.6 Å². The third-order valence-corrected chi connectivity index (χ3v) is 5.06. The van der Waals surface area contributed by atoms with Crippen LogP contribution in [0.2, 0.25) is 5.02 Å². The van der Waals surface area contributed by atoms with Gasteiger partial charge in [0.1, 0.15) is 5.82 Å². The molecule has 0 bridgehead atoms. The van der Waals surface area contributed by atoms with Crippen LogP contribution in [-0.2, 0) is 0 Å². The molecular formula is C18H18ClFNS+. The van der Waals surface area contributed by atoms with E-state index in [0.29, 0.717) is 5.02 Å². The Hall–Kier alpha value is -1.29. The Kier molecular flexibility index (Phi) is 4.57. The van der Waals surface area contributed by atoms with E-state index in [2.05, 4.69) is 20.2 Å². The average Bonchev–Trinajstić information content (AvgIpc) is 2.47. The molecule has 0 saturated heterocycles. The fraction of sp³-hybridized carbons (Fsp3) is 0.222. The van der Waals surface area contributed by atoms with Gasteiger partial charge in [0, 0.05) is 21.2 Å². The van der Waals surface area contributed by atoms with E-state index in [1.807, 2.05) is 24.3 Å². The summed E-state index contributed by atoms with van der Waals surface area (Å²) < 4.78 is 13.7. The molecule has 1 N–H and O–H groups in total. The first-order valence-electron chi connectivity index (χ1n) is 7.31. The van der Waals surface area contributed by atoms with Gasteiger partial charge in [0.2, 0.25) is 0 Å². The van der Waals surface area contributed by atoms with Gasteiger partial charge in [-0.2, -0.15) is 0 Å². The highest BCUT2D eigenvalue weighted by Crippen LogP contribution is 2.46. The second kappa shape index (κ2) is 6.45. The molecule has 0 fully saturated rings. The van der Waals surface area contributed by atoms with Gasteiger partial charge in [-0.05, 0) is 53.1 Å². The third-order valence-electron chi connectivity index (χ3n) is 3.68. The molecule has 0 spiro atoms. The standard InChI is InChI=1S/C18H17ClFNS/c1-21(2)9-3-4-14-15-10-12(19)5-7-17(15)22-18-8-6-13(20)11-16(14)18/h4-8,10-11H,3,9H2,1-2H3/p+1/b14-4+. The summed E-state index contributed by atoms with van der Waals surface area (Å²) in [5, 5.41) is 0.711. The predicted molar refractivity (Wildman–Crippen MR) is 91.3 cm³/mol. The van der Waals surface area contributed by atoms with Gasteiger partial charge in [0.15, 0.2) is 0 Å². The molecule has 2 aromatic carbocycles. The summed E-state index contributed by atoms with van der Waals surface area (Å²) in [6.45, 7) is 1.04. The molecule has 0 aliphatic carbocycles. The van der Waals surface area contributed by atoms with Crippen LogP contribution in [0.25, 0.3) is 5.57 Å². The number of hydrogen-bond acceptors (Lipinski definition) is 1. The fourth-order valence-corrected chi connectivity index (χ4v) is 3.83. The minimum Gasteiger partial charge on any atom is -0.340 e. The zero-order valence-electron chi connectivity index (χ0n) is 12.6. The monoisotopic (exact) mass is 334 g/mol. The van der Waals surface area contributed by atoms with Crippen molar-refractivity contribution < 1.29 is 9.29 Å². The van der Waals surface area contributed by atoms with E-state index >= 15 is 0 Å². The van der Waals surface area contributed by atoms with Crippen LogP contribution in [0, 0.1) is 5.82 Å².